The van der Waals surface area contributed by atoms with Gasteiger partial charge in [0.15, 0.2) is 0 Å². The third-order valence-corrected chi connectivity index (χ3v) is 11.9. The third kappa shape index (κ3) is 7.71. The Hall–Kier alpha value is -3.51. The van der Waals surface area contributed by atoms with Gasteiger partial charge in [0.25, 0.3) is 5.56 Å². The van der Waals surface area contributed by atoms with Crippen LogP contribution in [0.3, 0.4) is 0 Å². The number of halogens is 1. The van der Waals surface area contributed by atoms with E-state index in [-0.39, 0.29) is 5.56 Å². The van der Waals surface area contributed by atoms with Crippen LogP contribution < -0.4 is 31.1 Å². The highest BCUT2D eigenvalue weighted by Crippen LogP contribution is 2.42. The SMILES string of the molecule is CCOc1cc(N2CCC(N3CCN(C)CC3)CC2)c(CC)cc1Nc1ncc(Br)c(Nc2ccc3c(=O)n(CC)ncc3c2P(C)(C)=O)n1. The molecule has 0 spiro atoms. The maximum Gasteiger partial charge on any atom is 0.274 e. The van der Waals surface area contributed by atoms with Crippen LogP contribution in [0.2, 0.25) is 0 Å². The first kappa shape index (κ1) is 36.3. The summed E-state index contributed by atoms with van der Waals surface area (Å²) < 4.78 is 21.9. The monoisotopic (exact) mass is 765 g/mol. The van der Waals surface area contributed by atoms with Crippen LogP contribution in [0.4, 0.5) is 28.8 Å². The highest BCUT2D eigenvalue weighted by Gasteiger charge is 2.28. The predicted octanol–water partition coefficient (Wildman–Crippen LogP) is 5.88. The van der Waals surface area contributed by atoms with E-state index >= 15 is 0 Å². The number of piperidine rings is 1. The van der Waals surface area contributed by atoms with Gasteiger partial charge in [0.1, 0.15) is 18.7 Å². The average Bonchev–Trinajstić information content (AvgIpc) is 3.10. The van der Waals surface area contributed by atoms with E-state index in [1.807, 2.05) is 13.8 Å². The molecule has 0 bridgehead atoms. The van der Waals surface area contributed by atoms with Gasteiger partial charge < -0.3 is 29.7 Å². The predicted molar refractivity (Wildman–Crippen MR) is 208 cm³/mol. The van der Waals surface area contributed by atoms with Crippen molar-refractivity contribution in [3.63, 3.8) is 0 Å². The van der Waals surface area contributed by atoms with E-state index in [9.17, 15) is 9.36 Å². The van der Waals surface area contributed by atoms with Crippen molar-refractivity contribution in [1.29, 1.82) is 0 Å². The number of aromatic nitrogens is 4. The molecule has 0 radical (unpaired) electrons. The zero-order valence-corrected chi connectivity index (χ0v) is 32.5. The highest BCUT2D eigenvalue weighted by atomic mass is 79.9. The van der Waals surface area contributed by atoms with Gasteiger partial charge in [0.2, 0.25) is 5.95 Å². The number of likely N-dealkylation sites (N-methyl/N-ethyl adjacent to an activating group) is 1. The summed E-state index contributed by atoms with van der Waals surface area (Å²) in [5.74, 6) is 1.62. The molecule has 2 N–H and O–H groups in total. The van der Waals surface area contributed by atoms with Gasteiger partial charge in [-0.1, -0.05) is 6.92 Å². The quantitative estimate of drug-likeness (QED) is 0.178. The van der Waals surface area contributed by atoms with Crippen molar-refractivity contribution in [2.24, 2.45) is 0 Å². The molecule has 2 fully saturated rings. The molecule has 4 heterocycles. The Morgan fingerprint density at radius 2 is 1.70 bits per heavy atom. The number of piperazine rings is 1. The maximum atomic E-state index is 13.6. The second kappa shape index (κ2) is 15.4. The Kier molecular flexibility index (Phi) is 11.2. The van der Waals surface area contributed by atoms with E-state index < -0.39 is 7.14 Å². The molecule has 2 aliphatic rings. The van der Waals surface area contributed by atoms with E-state index in [2.05, 4.69) is 77.5 Å². The topological polar surface area (TPSA) is 121 Å². The van der Waals surface area contributed by atoms with Crippen molar-refractivity contribution < 1.29 is 9.30 Å². The number of nitrogens with zero attached hydrogens (tertiary/aromatic N) is 7. The number of ether oxygens (including phenoxy) is 1. The number of rotatable bonds is 11. The van der Waals surface area contributed by atoms with Crippen LogP contribution >= 0.6 is 23.1 Å². The summed E-state index contributed by atoms with van der Waals surface area (Å²) in [4.78, 5) is 30.0. The number of fused-ring (bicyclic) bond motifs is 1. The van der Waals surface area contributed by atoms with E-state index in [0.29, 0.717) is 57.2 Å². The Morgan fingerprint density at radius 1 is 0.960 bits per heavy atom. The molecule has 268 valence electrons. The Labute approximate surface area is 303 Å². The van der Waals surface area contributed by atoms with Gasteiger partial charge in [-0.15, -0.1) is 0 Å². The van der Waals surface area contributed by atoms with Crippen molar-refractivity contribution in [2.45, 2.75) is 52.6 Å². The van der Waals surface area contributed by atoms with Crippen LogP contribution in [0.5, 0.6) is 5.75 Å². The zero-order valence-electron chi connectivity index (χ0n) is 30.0. The van der Waals surface area contributed by atoms with Crippen LogP contribution in [0, 0.1) is 0 Å². The molecule has 2 aromatic heterocycles. The molecule has 4 aromatic rings. The summed E-state index contributed by atoms with van der Waals surface area (Å²) in [6.07, 6.45) is 6.51. The molecule has 2 aromatic carbocycles. The number of aryl methyl sites for hydroxylation is 2. The molecule has 0 aliphatic carbocycles. The van der Waals surface area contributed by atoms with E-state index in [4.69, 9.17) is 9.72 Å². The molecule has 0 atom stereocenters. The van der Waals surface area contributed by atoms with Crippen LogP contribution in [-0.2, 0) is 17.5 Å². The fourth-order valence-corrected chi connectivity index (χ4v) is 8.90. The van der Waals surface area contributed by atoms with Crippen LogP contribution in [0.25, 0.3) is 10.8 Å². The minimum Gasteiger partial charge on any atom is -0.492 e. The molecule has 2 saturated heterocycles. The van der Waals surface area contributed by atoms with Crippen molar-refractivity contribution in [1.82, 2.24) is 29.5 Å². The largest absolute Gasteiger partial charge is 0.492 e. The molecule has 2 aliphatic heterocycles. The highest BCUT2D eigenvalue weighted by molar-refractivity contribution is 9.10. The number of hydrogen-bond donors (Lipinski definition) is 2. The maximum absolute atomic E-state index is 13.6. The summed E-state index contributed by atoms with van der Waals surface area (Å²) in [5.41, 5.74) is 3.64. The first-order valence-electron chi connectivity index (χ1n) is 17.6. The fourth-order valence-electron chi connectivity index (χ4n) is 7.14. The Balaban J connectivity index is 1.26. The fraction of sp³-hybridized carbons (Fsp3) is 0.500. The molecule has 12 nitrogen and oxygen atoms in total. The lowest BCUT2D eigenvalue weighted by atomic mass is 9.99. The number of nitrogens with one attached hydrogen (secondary N) is 2. The van der Waals surface area contributed by atoms with Crippen LogP contribution in [-0.4, -0.2) is 102 Å². The van der Waals surface area contributed by atoms with Gasteiger partial charge in [0.05, 0.1) is 34.0 Å². The average molecular weight is 767 g/mol. The lowest BCUT2D eigenvalue weighted by Crippen LogP contribution is -2.52. The molecule has 50 heavy (non-hydrogen) atoms. The summed E-state index contributed by atoms with van der Waals surface area (Å²) in [5, 5.41) is 12.7. The molecule has 0 amide bonds. The molecule has 0 saturated carbocycles. The lowest BCUT2D eigenvalue weighted by molar-refractivity contribution is 0.0982. The van der Waals surface area contributed by atoms with E-state index in [1.54, 1.807) is 37.9 Å². The lowest BCUT2D eigenvalue weighted by Gasteiger charge is -2.43. The van der Waals surface area contributed by atoms with Gasteiger partial charge in [-0.05, 0) is 93.2 Å². The number of benzene rings is 2. The first-order chi connectivity index (χ1) is 24.0. The van der Waals surface area contributed by atoms with Gasteiger partial charge in [0, 0.05) is 80.5 Å². The van der Waals surface area contributed by atoms with Crippen molar-refractivity contribution >= 4 is 68.0 Å². The molecule has 6 rings (SSSR count). The van der Waals surface area contributed by atoms with Crippen molar-refractivity contribution in [3.05, 3.63) is 57.0 Å². The summed E-state index contributed by atoms with van der Waals surface area (Å²) in [6.45, 7) is 17.1. The second-order valence-electron chi connectivity index (χ2n) is 13.5. The van der Waals surface area contributed by atoms with Crippen molar-refractivity contribution in [3.8, 4) is 5.75 Å². The standard InChI is InChI=1S/C36H49BrN9O3P/c1-7-24-20-30(32(49-9-3)21-31(24)45-14-12-25(13-15-45)44-18-16-43(4)17-19-44)41-36-38-23-28(37)34(42-36)40-29-11-10-26-27(33(29)50(5,6)48)22-39-46(8-2)35(26)47/h10-11,20-23,25H,7-9,12-19H2,1-6H3,(H2,38,40,41,42). The Bertz CT molecular complexity index is 1950. The number of anilines is 5. The second-order valence-corrected chi connectivity index (χ2v) is 17.5. The van der Waals surface area contributed by atoms with Crippen LogP contribution in [0.1, 0.15) is 39.2 Å². The minimum absolute atomic E-state index is 0.210. The van der Waals surface area contributed by atoms with Crippen molar-refractivity contribution in [2.75, 3.05) is 81.8 Å². The zero-order chi connectivity index (χ0) is 35.6. The molecule has 0 unspecified atom stereocenters. The van der Waals surface area contributed by atoms with Crippen LogP contribution in [0.15, 0.2) is 45.9 Å². The summed E-state index contributed by atoms with van der Waals surface area (Å²) in [7, 11) is -0.654. The number of hydrogen-bond acceptors (Lipinski definition) is 11. The van der Waals surface area contributed by atoms with Gasteiger partial charge in [-0.25, -0.2) is 9.67 Å². The molecular weight excluding hydrogens is 717 g/mol. The third-order valence-electron chi connectivity index (χ3n) is 9.81. The van der Waals surface area contributed by atoms with E-state index in [0.717, 1.165) is 70.0 Å². The minimum atomic E-state index is -2.87. The van der Waals surface area contributed by atoms with E-state index in [1.165, 1.54) is 15.9 Å². The Morgan fingerprint density at radius 3 is 2.36 bits per heavy atom. The first-order valence-corrected chi connectivity index (χ1v) is 21.0. The summed E-state index contributed by atoms with van der Waals surface area (Å²) >= 11 is 3.59. The van der Waals surface area contributed by atoms with Gasteiger partial charge in [-0.3, -0.25) is 9.69 Å². The van der Waals surface area contributed by atoms with Gasteiger partial charge in [-0.2, -0.15) is 10.1 Å². The molecule has 14 heteroatoms. The van der Waals surface area contributed by atoms with Gasteiger partial charge >= 0.3 is 0 Å². The smallest absolute Gasteiger partial charge is 0.274 e. The normalized spacial score (nSPS) is 16.6. The molecular formula is C36H49BrN9O3P. The summed E-state index contributed by atoms with van der Waals surface area (Å²) in [6, 6.07) is 8.51.